The molecule has 1 heterocycles. The van der Waals surface area contributed by atoms with Crippen LogP contribution in [0.1, 0.15) is 27.5 Å². The number of halogens is 1. The van der Waals surface area contributed by atoms with Crippen LogP contribution in [0.4, 0.5) is 5.69 Å². The van der Waals surface area contributed by atoms with Gasteiger partial charge in [0.1, 0.15) is 12.3 Å². The first kappa shape index (κ1) is 19.2. The lowest BCUT2D eigenvalue weighted by Crippen LogP contribution is -2.38. The Hall–Kier alpha value is -3.12. The van der Waals surface area contributed by atoms with Crippen molar-refractivity contribution in [1.82, 2.24) is 4.90 Å². The second-order valence-electron chi connectivity index (χ2n) is 6.75. The van der Waals surface area contributed by atoms with Crippen LogP contribution in [0.2, 0.25) is 0 Å². The van der Waals surface area contributed by atoms with E-state index in [1.54, 1.807) is 36.3 Å². The standard InChI is InChI=1S/C23H19BrN2O3/c1-29-18-10-7-16(8-11-18)23(28)26-14-21(27)25-20-12-9-17(24)13-19(20)22(26)15-5-3-2-4-6-15/h2-13,22H,14H2,1H3,(H,25,27)/t22-/m0/s1. The molecule has 0 saturated heterocycles. The zero-order chi connectivity index (χ0) is 20.4. The molecule has 0 unspecified atom stereocenters. The number of ether oxygens (including phenoxy) is 1. The van der Waals surface area contributed by atoms with Gasteiger partial charge in [-0.25, -0.2) is 0 Å². The van der Waals surface area contributed by atoms with Crippen molar-refractivity contribution in [3.63, 3.8) is 0 Å². The fourth-order valence-electron chi connectivity index (χ4n) is 3.56. The van der Waals surface area contributed by atoms with E-state index in [4.69, 9.17) is 4.74 Å². The van der Waals surface area contributed by atoms with Crippen LogP contribution in [0.3, 0.4) is 0 Å². The zero-order valence-corrected chi connectivity index (χ0v) is 17.3. The Morgan fingerprint density at radius 3 is 2.48 bits per heavy atom. The van der Waals surface area contributed by atoms with Crippen molar-refractivity contribution in [2.45, 2.75) is 6.04 Å². The monoisotopic (exact) mass is 450 g/mol. The Kier molecular flexibility index (Phi) is 5.36. The number of hydrogen-bond acceptors (Lipinski definition) is 3. The average Bonchev–Trinajstić information content (AvgIpc) is 2.89. The maximum absolute atomic E-state index is 13.5. The van der Waals surface area contributed by atoms with E-state index in [-0.39, 0.29) is 18.4 Å². The summed E-state index contributed by atoms with van der Waals surface area (Å²) in [4.78, 5) is 27.7. The minimum atomic E-state index is -0.405. The summed E-state index contributed by atoms with van der Waals surface area (Å²) in [7, 11) is 1.58. The molecule has 2 amide bonds. The third-order valence-corrected chi connectivity index (χ3v) is 5.41. The molecule has 1 aliphatic rings. The van der Waals surface area contributed by atoms with E-state index in [1.807, 2.05) is 48.5 Å². The molecule has 0 saturated carbocycles. The van der Waals surface area contributed by atoms with Gasteiger partial charge in [0.05, 0.1) is 13.2 Å². The van der Waals surface area contributed by atoms with Crippen LogP contribution in [0, 0.1) is 0 Å². The summed E-state index contributed by atoms with van der Waals surface area (Å²) in [6, 6.07) is 21.9. The largest absolute Gasteiger partial charge is 0.497 e. The van der Waals surface area contributed by atoms with E-state index in [9.17, 15) is 9.59 Å². The molecule has 146 valence electrons. The number of nitrogens with zero attached hydrogens (tertiary/aromatic N) is 1. The number of nitrogens with one attached hydrogen (secondary N) is 1. The summed E-state index contributed by atoms with van der Waals surface area (Å²) in [5.74, 6) is 0.224. The van der Waals surface area contributed by atoms with Crippen LogP contribution >= 0.6 is 15.9 Å². The van der Waals surface area contributed by atoms with Gasteiger partial charge in [0.25, 0.3) is 5.91 Å². The molecule has 3 aromatic rings. The highest BCUT2D eigenvalue weighted by atomic mass is 79.9. The van der Waals surface area contributed by atoms with Crippen molar-refractivity contribution >= 4 is 33.4 Å². The summed E-state index contributed by atoms with van der Waals surface area (Å²) in [5.41, 5.74) is 3.00. The van der Waals surface area contributed by atoms with Crippen molar-refractivity contribution in [1.29, 1.82) is 0 Å². The van der Waals surface area contributed by atoms with Gasteiger partial charge in [0.2, 0.25) is 5.91 Å². The SMILES string of the molecule is COc1ccc(C(=O)N2CC(=O)Nc3ccc(Br)cc3[C@@H]2c2ccccc2)cc1. The highest BCUT2D eigenvalue weighted by Gasteiger charge is 2.34. The third-order valence-electron chi connectivity index (χ3n) is 4.92. The highest BCUT2D eigenvalue weighted by Crippen LogP contribution is 2.38. The number of carbonyl (C=O) groups is 2. The van der Waals surface area contributed by atoms with Gasteiger partial charge >= 0.3 is 0 Å². The van der Waals surface area contributed by atoms with Crippen LogP contribution in [0.5, 0.6) is 5.75 Å². The maximum Gasteiger partial charge on any atom is 0.255 e. The number of amides is 2. The molecular weight excluding hydrogens is 432 g/mol. The predicted octanol–water partition coefficient (Wildman–Crippen LogP) is 4.64. The summed E-state index contributed by atoms with van der Waals surface area (Å²) < 4.78 is 6.07. The van der Waals surface area contributed by atoms with Crippen molar-refractivity contribution in [3.8, 4) is 5.75 Å². The Labute approximate surface area is 177 Å². The summed E-state index contributed by atoms with van der Waals surface area (Å²) in [6.45, 7) is -0.0449. The molecule has 0 aliphatic carbocycles. The molecule has 5 nitrogen and oxygen atoms in total. The number of benzene rings is 3. The van der Waals surface area contributed by atoms with Crippen molar-refractivity contribution < 1.29 is 14.3 Å². The van der Waals surface area contributed by atoms with Gasteiger partial charge in [-0.1, -0.05) is 46.3 Å². The molecule has 0 radical (unpaired) electrons. The minimum absolute atomic E-state index is 0.0449. The molecule has 6 heteroatoms. The first-order valence-corrected chi connectivity index (χ1v) is 9.95. The van der Waals surface area contributed by atoms with E-state index in [0.717, 1.165) is 15.6 Å². The Bertz CT molecular complexity index is 1050. The molecule has 1 atom stereocenters. The summed E-state index contributed by atoms with van der Waals surface area (Å²) >= 11 is 3.52. The molecule has 0 aromatic heterocycles. The Morgan fingerprint density at radius 2 is 1.79 bits per heavy atom. The minimum Gasteiger partial charge on any atom is -0.497 e. The molecule has 0 bridgehead atoms. The van der Waals surface area contributed by atoms with Gasteiger partial charge in [-0.05, 0) is 48.0 Å². The first-order chi connectivity index (χ1) is 14.1. The van der Waals surface area contributed by atoms with Crippen LogP contribution < -0.4 is 10.1 Å². The molecular formula is C23H19BrN2O3. The second-order valence-corrected chi connectivity index (χ2v) is 7.67. The quantitative estimate of drug-likeness (QED) is 0.631. The van der Waals surface area contributed by atoms with E-state index in [1.165, 1.54) is 0 Å². The predicted molar refractivity (Wildman–Crippen MR) is 115 cm³/mol. The van der Waals surface area contributed by atoms with Gasteiger partial charge in [0.15, 0.2) is 0 Å². The van der Waals surface area contributed by atoms with Gasteiger partial charge < -0.3 is 15.0 Å². The van der Waals surface area contributed by atoms with Crippen LogP contribution in [-0.2, 0) is 4.79 Å². The van der Waals surface area contributed by atoms with Gasteiger partial charge in [0, 0.05) is 21.3 Å². The Balaban J connectivity index is 1.85. The smallest absolute Gasteiger partial charge is 0.255 e. The van der Waals surface area contributed by atoms with E-state index in [0.29, 0.717) is 17.0 Å². The molecule has 3 aromatic carbocycles. The van der Waals surface area contributed by atoms with Gasteiger partial charge in [-0.15, -0.1) is 0 Å². The molecule has 1 aliphatic heterocycles. The van der Waals surface area contributed by atoms with Crippen LogP contribution in [0.25, 0.3) is 0 Å². The van der Waals surface area contributed by atoms with Gasteiger partial charge in [-0.2, -0.15) is 0 Å². The Morgan fingerprint density at radius 1 is 1.07 bits per heavy atom. The van der Waals surface area contributed by atoms with Crippen LogP contribution in [0.15, 0.2) is 77.3 Å². The summed E-state index contributed by atoms with van der Waals surface area (Å²) in [6.07, 6.45) is 0. The van der Waals surface area contributed by atoms with Crippen LogP contribution in [-0.4, -0.2) is 30.4 Å². The topological polar surface area (TPSA) is 58.6 Å². The number of fused-ring (bicyclic) bond motifs is 1. The second kappa shape index (κ2) is 8.09. The van der Waals surface area contributed by atoms with E-state index in [2.05, 4.69) is 21.2 Å². The molecule has 4 rings (SSSR count). The maximum atomic E-state index is 13.5. The third kappa shape index (κ3) is 3.89. The fourth-order valence-corrected chi connectivity index (χ4v) is 3.94. The lowest BCUT2D eigenvalue weighted by molar-refractivity contribution is -0.117. The average molecular weight is 451 g/mol. The molecule has 0 spiro atoms. The normalized spacial score (nSPS) is 15.9. The zero-order valence-electron chi connectivity index (χ0n) is 15.8. The number of hydrogen-bond donors (Lipinski definition) is 1. The van der Waals surface area contributed by atoms with Crippen molar-refractivity contribution in [3.05, 3.63) is 94.0 Å². The number of carbonyl (C=O) groups excluding carboxylic acids is 2. The fraction of sp³-hybridized carbons (Fsp3) is 0.130. The number of anilines is 1. The molecule has 1 N–H and O–H groups in total. The van der Waals surface area contributed by atoms with Crippen molar-refractivity contribution in [2.75, 3.05) is 19.0 Å². The first-order valence-electron chi connectivity index (χ1n) is 9.16. The molecule has 29 heavy (non-hydrogen) atoms. The van der Waals surface area contributed by atoms with Gasteiger partial charge in [-0.3, -0.25) is 9.59 Å². The lowest BCUT2D eigenvalue weighted by Gasteiger charge is -2.30. The van der Waals surface area contributed by atoms with Crippen molar-refractivity contribution in [2.24, 2.45) is 0 Å². The number of methoxy groups -OCH3 is 1. The summed E-state index contributed by atoms with van der Waals surface area (Å²) in [5, 5.41) is 2.93. The molecule has 0 fully saturated rings. The highest BCUT2D eigenvalue weighted by molar-refractivity contribution is 9.10. The van der Waals surface area contributed by atoms with E-state index < -0.39 is 6.04 Å². The lowest BCUT2D eigenvalue weighted by atomic mass is 9.95. The van der Waals surface area contributed by atoms with E-state index >= 15 is 0 Å². The number of rotatable bonds is 3.